The summed E-state index contributed by atoms with van der Waals surface area (Å²) >= 11 is 8.93. The molecule has 1 aliphatic rings. The molecular weight excluding hydrogens is 289 g/mol. The van der Waals surface area contributed by atoms with Gasteiger partial charge < -0.3 is 4.74 Å². The molecule has 0 aliphatic carbocycles. The van der Waals surface area contributed by atoms with Gasteiger partial charge in [0.15, 0.2) is 0 Å². The summed E-state index contributed by atoms with van der Waals surface area (Å²) in [6.07, 6.45) is 9.95. The molecular formula is C12H13BrClNO. The zero-order valence-corrected chi connectivity index (χ0v) is 11.1. The van der Waals surface area contributed by atoms with Gasteiger partial charge in [-0.1, -0.05) is 6.07 Å². The van der Waals surface area contributed by atoms with E-state index < -0.39 is 0 Å². The second kappa shape index (κ2) is 6.80. The van der Waals surface area contributed by atoms with Crippen molar-refractivity contribution in [3.8, 4) is 18.6 Å². The number of rotatable bonds is 3. The minimum Gasteiger partial charge on any atom is -0.492 e. The minimum absolute atomic E-state index is 0.785. The topological polar surface area (TPSA) is 21.3 Å². The number of fused-ring (bicyclic) bond motifs is 1. The van der Waals surface area contributed by atoms with Crippen molar-refractivity contribution in [2.45, 2.75) is 12.8 Å². The Hall–Kier alpha value is -0.690. The summed E-state index contributed by atoms with van der Waals surface area (Å²) in [6.45, 7) is 1.58. The van der Waals surface area contributed by atoms with Gasteiger partial charge in [0.05, 0.1) is 11.1 Å². The van der Waals surface area contributed by atoms with Crippen molar-refractivity contribution in [3.05, 3.63) is 27.7 Å². The minimum atomic E-state index is 0.785. The van der Waals surface area contributed by atoms with Gasteiger partial charge in [-0.2, -0.15) is 0 Å². The Bertz CT molecular complexity index is 379. The largest absolute Gasteiger partial charge is 0.492 e. The molecule has 16 heavy (non-hydrogen) atoms. The molecule has 0 amide bonds. The van der Waals surface area contributed by atoms with Crippen molar-refractivity contribution >= 4 is 27.7 Å². The fraction of sp³-hybridized carbons (Fsp3) is 0.333. The van der Waals surface area contributed by atoms with E-state index in [-0.39, 0.29) is 0 Å². The fourth-order valence-corrected chi connectivity index (χ4v) is 2.42. The summed E-state index contributed by atoms with van der Waals surface area (Å²) in [5.41, 5.74) is 2.58. The lowest BCUT2D eigenvalue weighted by atomic mass is 10.1. The quantitative estimate of drug-likeness (QED) is 0.685. The zero-order chi connectivity index (χ0) is 12.0. The van der Waals surface area contributed by atoms with Gasteiger partial charge in [-0.25, -0.2) is 4.84 Å². The predicted molar refractivity (Wildman–Crippen MR) is 70.8 cm³/mol. The third kappa shape index (κ3) is 3.15. The van der Waals surface area contributed by atoms with Crippen LogP contribution in [0.25, 0.3) is 0 Å². The summed E-state index contributed by atoms with van der Waals surface area (Å²) in [5, 5.41) is 0. The van der Waals surface area contributed by atoms with Crippen LogP contribution >= 0.6 is 27.7 Å². The smallest absolute Gasteiger partial charge is 0.136 e. The Balaban J connectivity index is 0.000000606. The first-order valence-electron chi connectivity index (χ1n) is 4.92. The van der Waals surface area contributed by atoms with Crippen molar-refractivity contribution in [1.82, 2.24) is 4.84 Å². The van der Waals surface area contributed by atoms with E-state index in [9.17, 15) is 0 Å². The van der Waals surface area contributed by atoms with Crippen LogP contribution in [-0.4, -0.2) is 13.2 Å². The molecule has 0 atom stereocenters. The van der Waals surface area contributed by atoms with Crippen LogP contribution in [-0.2, 0) is 12.8 Å². The van der Waals surface area contributed by atoms with Crippen molar-refractivity contribution in [2.24, 2.45) is 0 Å². The van der Waals surface area contributed by atoms with Crippen molar-refractivity contribution in [3.63, 3.8) is 0 Å². The third-order valence-electron chi connectivity index (χ3n) is 2.31. The van der Waals surface area contributed by atoms with Crippen LogP contribution in [0.4, 0.5) is 0 Å². The maximum absolute atomic E-state index is 5.50. The van der Waals surface area contributed by atoms with Crippen molar-refractivity contribution in [2.75, 3.05) is 13.2 Å². The maximum atomic E-state index is 5.50. The summed E-state index contributed by atoms with van der Waals surface area (Å²) in [6, 6.07) is 4.29. The van der Waals surface area contributed by atoms with Crippen LogP contribution in [0, 0.1) is 12.8 Å². The van der Waals surface area contributed by atoms with Crippen LogP contribution in [0.2, 0.25) is 0 Å². The molecule has 1 aliphatic heterocycles. The molecule has 0 saturated carbocycles. The second-order valence-electron chi connectivity index (χ2n) is 3.30. The average Bonchev–Trinajstić information content (AvgIpc) is 2.78. The normalized spacial score (nSPS) is 12.2. The molecule has 2 nitrogen and oxygen atoms in total. The molecule has 0 unspecified atom stereocenters. The maximum Gasteiger partial charge on any atom is 0.136 e. The van der Waals surface area contributed by atoms with Gasteiger partial charge in [0, 0.05) is 13.0 Å². The van der Waals surface area contributed by atoms with Crippen molar-refractivity contribution in [1.29, 1.82) is 0 Å². The number of benzene rings is 1. The molecule has 86 valence electrons. The molecule has 1 aromatic rings. The highest BCUT2D eigenvalue weighted by Crippen LogP contribution is 2.34. The molecule has 0 saturated heterocycles. The standard InChI is InChI=1S/C10H11BrClNO.C2H2/c11-9-6-7(1-3-13-12)5-8-2-4-14-10(8)9;1-2/h5-6,13H,1-4H2;1-2H. The van der Waals surface area contributed by atoms with Crippen LogP contribution in [0.1, 0.15) is 11.1 Å². The number of halogens is 2. The first-order chi connectivity index (χ1) is 7.81. The SMILES string of the molecule is C#C.ClNCCc1cc(Br)c2c(c1)CCO2. The summed E-state index contributed by atoms with van der Waals surface area (Å²) in [7, 11) is 0. The van der Waals surface area contributed by atoms with Gasteiger partial charge in [-0.15, -0.1) is 12.8 Å². The number of hydrogen-bond donors (Lipinski definition) is 1. The lowest BCUT2D eigenvalue weighted by Gasteiger charge is -2.06. The highest BCUT2D eigenvalue weighted by atomic mass is 79.9. The highest BCUT2D eigenvalue weighted by molar-refractivity contribution is 9.10. The molecule has 0 aromatic heterocycles. The summed E-state index contributed by atoms with van der Waals surface area (Å²) < 4.78 is 6.55. The predicted octanol–water partition coefficient (Wildman–Crippen LogP) is 2.92. The average molecular weight is 303 g/mol. The van der Waals surface area contributed by atoms with E-state index in [1.54, 1.807) is 0 Å². The molecule has 0 fully saturated rings. The Morgan fingerprint density at radius 1 is 1.44 bits per heavy atom. The lowest BCUT2D eigenvalue weighted by Crippen LogP contribution is -2.04. The van der Waals surface area contributed by atoms with Crippen LogP contribution in [0.5, 0.6) is 5.75 Å². The number of terminal acetylenes is 1. The van der Waals surface area contributed by atoms with Crippen molar-refractivity contribution < 1.29 is 4.74 Å². The van der Waals surface area contributed by atoms with E-state index in [0.29, 0.717) is 0 Å². The molecule has 4 heteroatoms. The third-order valence-corrected chi connectivity index (χ3v) is 3.08. The summed E-state index contributed by atoms with van der Waals surface area (Å²) in [4.78, 5) is 2.63. The molecule has 0 radical (unpaired) electrons. The van der Waals surface area contributed by atoms with Crippen LogP contribution < -0.4 is 9.57 Å². The van der Waals surface area contributed by atoms with Gasteiger partial charge in [0.2, 0.25) is 0 Å². The van der Waals surface area contributed by atoms with E-state index in [2.05, 4.69) is 45.7 Å². The van der Waals surface area contributed by atoms with Gasteiger partial charge >= 0.3 is 0 Å². The van der Waals surface area contributed by atoms with Gasteiger partial charge in [-0.3, -0.25) is 0 Å². The van der Waals surface area contributed by atoms with E-state index in [4.69, 9.17) is 16.5 Å². The van der Waals surface area contributed by atoms with Gasteiger partial charge in [0.25, 0.3) is 0 Å². The fourth-order valence-electron chi connectivity index (χ4n) is 1.66. The van der Waals surface area contributed by atoms with E-state index in [0.717, 1.165) is 36.2 Å². The first-order valence-corrected chi connectivity index (χ1v) is 6.09. The first kappa shape index (κ1) is 13.4. The molecule has 0 spiro atoms. The Labute approximate surface area is 110 Å². The van der Waals surface area contributed by atoms with Gasteiger partial charge in [-0.05, 0) is 51.3 Å². The Morgan fingerprint density at radius 3 is 2.88 bits per heavy atom. The molecule has 0 bridgehead atoms. The van der Waals surface area contributed by atoms with Crippen LogP contribution in [0.3, 0.4) is 0 Å². The Morgan fingerprint density at radius 2 is 2.19 bits per heavy atom. The number of nitrogens with one attached hydrogen (secondary N) is 1. The number of hydrogen-bond acceptors (Lipinski definition) is 2. The molecule has 1 heterocycles. The van der Waals surface area contributed by atoms with E-state index >= 15 is 0 Å². The van der Waals surface area contributed by atoms with E-state index in [1.165, 1.54) is 11.1 Å². The lowest BCUT2D eigenvalue weighted by molar-refractivity contribution is 0.355. The monoisotopic (exact) mass is 301 g/mol. The molecule has 1 N–H and O–H groups in total. The molecule has 1 aromatic carbocycles. The highest BCUT2D eigenvalue weighted by Gasteiger charge is 2.16. The Kier molecular flexibility index (Phi) is 5.68. The van der Waals surface area contributed by atoms with E-state index in [1.807, 2.05) is 0 Å². The van der Waals surface area contributed by atoms with Crippen LogP contribution in [0.15, 0.2) is 16.6 Å². The second-order valence-corrected chi connectivity index (χ2v) is 4.42. The molecule has 2 rings (SSSR count). The van der Waals surface area contributed by atoms with Gasteiger partial charge in [0.1, 0.15) is 5.75 Å². The zero-order valence-electron chi connectivity index (χ0n) is 8.80. The number of ether oxygens (including phenoxy) is 1. The summed E-state index contributed by atoms with van der Waals surface area (Å²) in [5.74, 6) is 1.01.